The van der Waals surface area contributed by atoms with Crippen LogP contribution < -0.4 is 5.32 Å². The first-order chi connectivity index (χ1) is 12.0. The molecule has 25 heavy (non-hydrogen) atoms. The van der Waals surface area contributed by atoms with Crippen molar-refractivity contribution in [2.75, 3.05) is 13.7 Å². The van der Waals surface area contributed by atoms with Crippen LogP contribution in [0.4, 0.5) is 0 Å². The van der Waals surface area contributed by atoms with Crippen LogP contribution >= 0.6 is 11.3 Å². The van der Waals surface area contributed by atoms with Crippen molar-refractivity contribution in [3.63, 3.8) is 0 Å². The second-order valence-corrected chi connectivity index (χ2v) is 6.07. The van der Waals surface area contributed by atoms with E-state index in [0.717, 1.165) is 27.7 Å². The van der Waals surface area contributed by atoms with Crippen molar-refractivity contribution in [3.05, 3.63) is 35.2 Å². The fourth-order valence-electron chi connectivity index (χ4n) is 2.38. The minimum Gasteiger partial charge on any atom is -0.462 e. The lowest BCUT2D eigenvalue weighted by Gasteiger charge is -2.21. The Morgan fingerprint density at radius 2 is 2.08 bits per heavy atom. The number of amides is 2. The van der Waals surface area contributed by atoms with Gasteiger partial charge in [-0.25, -0.2) is 9.69 Å². The molecule has 0 bridgehead atoms. The molecule has 1 heterocycles. The number of esters is 1. The number of benzene rings is 1. The van der Waals surface area contributed by atoms with Gasteiger partial charge in [0.15, 0.2) is 6.19 Å². The molecule has 1 N–H and O–H groups in total. The minimum atomic E-state index is -1.09. The van der Waals surface area contributed by atoms with Crippen LogP contribution in [0.3, 0.4) is 0 Å². The lowest BCUT2D eigenvalue weighted by Crippen LogP contribution is -2.50. The van der Waals surface area contributed by atoms with E-state index in [-0.39, 0.29) is 13.0 Å². The predicted molar refractivity (Wildman–Crippen MR) is 92.5 cm³/mol. The van der Waals surface area contributed by atoms with Gasteiger partial charge in [0.25, 0.3) is 5.91 Å². The topological polar surface area (TPSA) is 99.5 Å². The zero-order valence-corrected chi connectivity index (χ0v) is 14.6. The van der Waals surface area contributed by atoms with Gasteiger partial charge in [0, 0.05) is 17.7 Å². The van der Waals surface area contributed by atoms with E-state index in [0.29, 0.717) is 0 Å². The Kier molecular flexibility index (Phi) is 6.08. The number of thiophene rings is 1. The fraction of sp³-hybridized carbons (Fsp3) is 0.294. The minimum absolute atomic E-state index is 0.170. The van der Waals surface area contributed by atoms with Gasteiger partial charge in [-0.3, -0.25) is 9.59 Å². The molecular formula is C17H17N3O4S. The highest BCUT2D eigenvalue weighted by Gasteiger charge is 2.29. The van der Waals surface area contributed by atoms with Crippen molar-refractivity contribution in [1.82, 2.24) is 10.2 Å². The molecule has 0 fully saturated rings. The second-order valence-electron chi connectivity index (χ2n) is 5.16. The Hall–Kier alpha value is -2.92. The number of nitrogens with one attached hydrogen (secondary N) is 1. The van der Waals surface area contributed by atoms with Gasteiger partial charge >= 0.3 is 11.9 Å². The zero-order valence-electron chi connectivity index (χ0n) is 13.8. The largest absolute Gasteiger partial charge is 0.462 e. The summed E-state index contributed by atoms with van der Waals surface area (Å²) in [5, 5.41) is 14.3. The van der Waals surface area contributed by atoms with Crippen LogP contribution in [0.1, 0.15) is 12.5 Å². The Morgan fingerprint density at radius 1 is 1.36 bits per heavy atom. The molecule has 0 saturated heterocycles. The molecule has 0 saturated carbocycles. The van der Waals surface area contributed by atoms with Crippen molar-refractivity contribution in [2.45, 2.75) is 19.4 Å². The number of rotatable bonds is 5. The molecule has 1 atom stereocenters. The third-order valence-electron chi connectivity index (χ3n) is 3.66. The molecule has 130 valence electrons. The van der Waals surface area contributed by atoms with E-state index < -0.39 is 23.8 Å². The van der Waals surface area contributed by atoms with Gasteiger partial charge in [-0.2, -0.15) is 5.26 Å². The summed E-state index contributed by atoms with van der Waals surface area (Å²) in [6.07, 6.45) is 1.95. The molecule has 0 spiro atoms. The SMILES string of the molecule is CCN(C#N)C(=O)C(Cc1csc2ccccc12)NC(=O)C(=O)OC. The molecule has 2 aromatic rings. The Labute approximate surface area is 148 Å². The van der Waals surface area contributed by atoms with Crippen molar-refractivity contribution in [2.24, 2.45) is 0 Å². The molecule has 2 amide bonds. The molecule has 1 aromatic carbocycles. The first kappa shape index (κ1) is 18.4. The standard InChI is InChI=1S/C17H17N3O4S/c1-3-20(10-18)16(22)13(19-15(21)17(23)24-2)8-11-9-25-14-7-5-4-6-12(11)14/h4-7,9,13H,3,8H2,1-2H3,(H,19,21). The molecular weight excluding hydrogens is 342 g/mol. The van der Waals surface area contributed by atoms with Gasteiger partial charge in [-0.1, -0.05) is 18.2 Å². The highest BCUT2D eigenvalue weighted by molar-refractivity contribution is 7.17. The molecule has 0 aliphatic rings. The number of carbonyl (C=O) groups excluding carboxylic acids is 3. The maximum atomic E-state index is 12.6. The summed E-state index contributed by atoms with van der Waals surface area (Å²) in [5.41, 5.74) is 0.859. The Morgan fingerprint density at radius 3 is 2.72 bits per heavy atom. The smallest absolute Gasteiger partial charge is 0.396 e. The number of hydrogen-bond donors (Lipinski definition) is 1. The van der Waals surface area contributed by atoms with Crippen molar-refractivity contribution in [1.29, 1.82) is 5.26 Å². The molecule has 0 radical (unpaired) electrons. The van der Waals surface area contributed by atoms with E-state index >= 15 is 0 Å². The van der Waals surface area contributed by atoms with Gasteiger partial charge in [-0.15, -0.1) is 11.3 Å². The van der Waals surface area contributed by atoms with Gasteiger partial charge < -0.3 is 10.1 Å². The zero-order chi connectivity index (χ0) is 18.4. The highest BCUT2D eigenvalue weighted by atomic mass is 32.1. The molecule has 0 aliphatic heterocycles. The van der Waals surface area contributed by atoms with Gasteiger partial charge in [0.1, 0.15) is 6.04 Å². The fourth-order valence-corrected chi connectivity index (χ4v) is 3.36. The van der Waals surface area contributed by atoms with Crippen molar-refractivity contribution >= 4 is 39.2 Å². The van der Waals surface area contributed by atoms with Crippen LogP contribution in [-0.2, 0) is 25.5 Å². The van der Waals surface area contributed by atoms with E-state index in [2.05, 4.69) is 10.1 Å². The normalized spacial score (nSPS) is 11.4. The number of fused-ring (bicyclic) bond motifs is 1. The summed E-state index contributed by atoms with van der Waals surface area (Å²) in [7, 11) is 1.08. The molecule has 0 aliphatic carbocycles. The summed E-state index contributed by atoms with van der Waals surface area (Å²) >= 11 is 1.52. The molecule has 7 nitrogen and oxygen atoms in total. The monoisotopic (exact) mass is 359 g/mol. The van der Waals surface area contributed by atoms with E-state index in [4.69, 9.17) is 5.26 Å². The maximum Gasteiger partial charge on any atom is 0.396 e. The van der Waals surface area contributed by atoms with Crippen LogP contribution in [0.25, 0.3) is 10.1 Å². The number of hydrogen-bond acceptors (Lipinski definition) is 6. The van der Waals surface area contributed by atoms with Crippen molar-refractivity contribution < 1.29 is 19.1 Å². The first-order valence-corrected chi connectivity index (χ1v) is 8.44. The Bertz CT molecular complexity index is 840. The molecule has 1 unspecified atom stereocenters. The van der Waals surface area contributed by atoms with E-state index in [9.17, 15) is 14.4 Å². The Balaban J connectivity index is 2.30. The maximum absolute atomic E-state index is 12.6. The van der Waals surface area contributed by atoms with E-state index in [1.807, 2.05) is 29.6 Å². The lowest BCUT2D eigenvalue weighted by molar-refractivity contribution is -0.153. The van der Waals surface area contributed by atoms with E-state index in [1.165, 1.54) is 11.3 Å². The molecule has 8 heteroatoms. The summed E-state index contributed by atoms with van der Waals surface area (Å²) < 4.78 is 5.42. The number of methoxy groups -OCH3 is 1. The van der Waals surface area contributed by atoms with Gasteiger partial charge in [-0.05, 0) is 29.3 Å². The van der Waals surface area contributed by atoms with Crippen LogP contribution in [0.15, 0.2) is 29.6 Å². The average molecular weight is 359 g/mol. The lowest BCUT2D eigenvalue weighted by atomic mass is 10.0. The first-order valence-electron chi connectivity index (χ1n) is 7.56. The van der Waals surface area contributed by atoms with Crippen LogP contribution in [0.2, 0.25) is 0 Å². The predicted octanol–water partition coefficient (Wildman–Crippen LogP) is 1.43. The van der Waals surface area contributed by atoms with Crippen molar-refractivity contribution in [3.8, 4) is 6.19 Å². The number of nitriles is 1. The summed E-state index contributed by atoms with van der Waals surface area (Å²) in [6, 6.07) is 6.65. The average Bonchev–Trinajstić information content (AvgIpc) is 3.04. The molecule has 2 rings (SSSR count). The van der Waals surface area contributed by atoms with Gasteiger partial charge in [0.2, 0.25) is 0 Å². The number of nitrogens with zero attached hydrogens (tertiary/aromatic N) is 2. The second kappa shape index (κ2) is 8.26. The quantitative estimate of drug-likeness (QED) is 0.377. The number of carbonyl (C=O) groups is 3. The van der Waals surface area contributed by atoms with Gasteiger partial charge in [0.05, 0.1) is 7.11 Å². The summed E-state index contributed by atoms with van der Waals surface area (Å²) in [4.78, 5) is 36.7. The van der Waals surface area contributed by atoms with E-state index in [1.54, 1.807) is 13.1 Å². The highest BCUT2D eigenvalue weighted by Crippen LogP contribution is 2.26. The molecule has 1 aromatic heterocycles. The third kappa shape index (κ3) is 4.14. The number of likely N-dealkylation sites (N-methyl/N-ethyl adjacent to an activating group) is 1. The number of ether oxygens (including phenoxy) is 1. The summed E-state index contributed by atoms with van der Waals surface area (Å²) in [6.45, 7) is 1.82. The van der Waals surface area contributed by atoms with Crippen LogP contribution in [0.5, 0.6) is 0 Å². The van der Waals surface area contributed by atoms with Crippen LogP contribution in [0, 0.1) is 11.5 Å². The third-order valence-corrected chi connectivity index (χ3v) is 4.67. The summed E-state index contributed by atoms with van der Waals surface area (Å²) in [5.74, 6) is -2.68. The van der Waals surface area contributed by atoms with Crippen LogP contribution in [-0.4, -0.2) is 42.4 Å².